The van der Waals surface area contributed by atoms with Gasteiger partial charge in [-0.15, -0.1) is 0 Å². The molecule has 0 fully saturated rings. The van der Waals surface area contributed by atoms with Crippen LogP contribution in [0.5, 0.6) is 6.01 Å². The first-order valence-electron chi connectivity index (χ1n) is 6.17. The summed E-state index contributed by atoms with van der Waals surface area (Å²) in [5, 5.41) is 2.78. The first-order valence-corrected chi connectivity index (χ1v) is 6.17. The predicted molar refractivity (Wildman–Crippen MR) is 73.8 cm³/mol. The third kappa shape index (κ3) is 6.52. The third-order valence-corrected chi connectivity index (χ3v) is 2.21. The minimum Gasteiger partial charge on any atom is -0.464 e. The highest BCUT2D eigenvalue weighted by Gasteiger charge is 1.97. The quantitative estimate of drug-likeness (QED) is 0.729. The zero-order valence-corrected chi connectivity index (χ0v) is 11.6. The van der Waals surface area contributed by atoms with Crippen LogP contribution in [0.4, 0.5) is 0 Å². The molecule has 0 aliphatic carbocycles. The van der Waals surface area contributed by atoms with E-state index in [0.29, 0.717) is 19.2 Å². The zero-order valence-electron chi connectivity index (χ0n) is 11.6. The van der Waals surface area contributed by atoms with Crippen molar-refractivity contribution < 1.29 is 9.53 Å². The molecular formula is C13H20N4O2. The lowest BCUT2D eigenvalue weighted by Gasteiger charge is -2.08. The first kappa shape index (κ1) is 15.1. The monoisotopic (exact) mass is 264 g/mol. The number of nitrogens with one attached hydrogen (secondary N) is 1. The van der Waals surface area contributed by atoms with Gasteiger partial charge >= 0.3 is 6.01 Å². The highest BCUT2D eigenvalue weighted by molar-refractivity contribution is 5.91. The summed E-state index contributed by atoms with van der Waals surface area (Å²) in [6.07, 6.45) is 6.36. The van der Waals surface area contributed by atoms with E-state index in [1.54, 1.807) is 18.5 Å². The van der Waals surface area contributed by atoms with Crippen molar-refractivity contribution in [2.24, 2.45) is 0 Å². The fourth-order valence-corrected chi connectivity index (χ4v) is 1.25. The van der Waals surface area contributed by atoms with Crippen molar-refractivity contribution in [3.8, 4) is 6.01 Å². The molecule has 0 atom stereocenters. The Morgan fingerprint density at radius 1 is 1.42 bits per heavy atom. The highest BCUT2D eigenvalue weighted by Crippen LogP contribution is 2.03. The van der Waals surface area contributed by atoms with Crippen LogP contribution in [-0.2, 0) is 4.79 Å². The summed E-state index contributed by atoms with van der Waals surface area (Å²) in [5.74, 6) is -0.129. The van der Waals surface area contributed by atoms with Gasteiger partial charge in [0, 0.05) is 37.1 Å². The maximum Gasteiger partial charge on any atom is 0.316 e. The van der Waals surface area contributed by atoms with Gasteiger partial charge in [0.05, 0.1) is 6.61 Å². The number of ether oxygens (including phenoxy) is 1. The third-order valence-electron chi connectivity index (χ3n) is 2.21. The van der Waals surface area contributed by atoms with Crippen LogP contribution in [0.1, 0.15) is 12.5 Å². The van der Waals surface area contributed by atoms with Gasteiger partial charge in [0.15, 0.2) is 0 Å². The minimum absolute atomic E-state index is 0.129. The second kappa shape index (κ2) is 8.20. The summed E-state index contributed by atoms with van der Waals surface area (Å²) < 4.78 is 5.13. The molecule has 0 saturated heterocycles. The average Bonchev–Trinajstić information content (AvgIpc) is 2.38. The number of carbonyl (C=O) groups is 1. The van der Waals surface area contributed by atoms with Gasteiger partial charge < -0.3 is 15.0 Å². The van der Waals surface area contributed by atoms with Gasteiger partial charge in [0.25, 0.3) is 0 Å². The van der Waals surface area contributed by atoms with Gasteiger partial charge in [-0.25, -0.2) is 9.97 Å². The largest absolute Gasteiger partial charge is 0.464 e. The van der Waals surface area contributed by atoms with Gasteiger partial charge in [-0.1, -0.05) is 0 Å². The fraction of sp³-hybridized carbons (Fsp3) is 0.462. The van der Waals surface area contributed by atoms with Gasteiger partial charge in [0.1, 0.15) is 0 Å². The minimum atomic E-state index is -0.129. The number of rotatable bonds is 7. The maximum absolute atomic E-state index is 11.5. The van der Waals surface area contributed by atoms with Crippen LogP contribution in [0.2, 0.25) is 0 Å². The Kier molecular flexibility index (Phi) is 6.52. The molecule has 0 unspecified atom stereocenters. The van der Waals surface area contributed by atoms with Crippen molar-refractivity contribution in [2.45, 2.75) is 6.92 Å². The number of hydrogen-bond donors (Lipinski definition) is 1. The summed E-state index contributed by atoms with van der Waals surface area (Å²) in [7, 11) is 3.92. The van der Waals surface area contributed by atoms with Crippen LogP contribution >= 0.6 is 0 Å². The molecule has 1 heterocycles. The Morgan fingerprint density at radius 3 is 2.68 bits per heavy atom. The van der Waals surface area contributed by atoms with Crippen molar-refractivity contribution in [1.82, 2.24) is 20.2 Å². The zero-order chi connectivity index (χ0) is 14.1. The standard InChI is InChI=1S/C13H20N4O2/c1-4-19-13-15-9-11(10-16-13)5-6-12(18)14-7-8-17(2)3/h5-6,9-10H,4,7-8H2,1-3H3,(H,14,18)/b6-5+. The maximum atomic E-state index is 11.5. The van der Waals surface area contributed by atoms with Crippen LogP contribution in [-0.4, -0.2) is 54.6 Å². The molecule has 1 aromatic rings. The SMILES string of the molecule is CCOc1ncc(/C=C/C(=O)NCCN(C)C)cn1. The molecule has 0 aromatic carbocycles. The molecule has 6 heteroatoms. The lowest BCUT2D eigenvalue weighted by molar-refractivity contribution is -0.116. The fourth-order valence-electron chi connectivity index (χ4n) is 1.25. The Balaban J connectivity index is 2.40. The Morgan fingerprint density at radius 2 is 2.11 bits per heavy atom. The molecule has 0 saturated carbocycles. The van der Waals surface area contributed by atoms with Crippen LogP contribution in [0, 0.1) is 0 Å². The average molecular weight is 264 g/mol. The van der Waals surface area contributed by atoms with Crippen molar-refractivity contribution in [1.29, 1.82) is 0 Å². The summed E-state index contributed by atoms with van der Waals surface area (Å²) in [4.78, 5) is 21.5. The van der Waals surface area contributed by atoms with Gasteiger partial charge in [-0.2, -0.15) is 0 Å². The topological polar surface area (TPSA) is 67.3 Å². The smallest absolute Gasteiger partial charge is 0.316 e. The Hall–Kier alpha value is -1.95. The van der Waals surface area contributed by atoms with Crippen molar-refractivity contribution in [3.05, 3.63) is 24.0 Å². The second-order valence-electron chi connectivity index (χ2n) is 4.16. The molecule has 19 heavy (non-hydrogen) atoms. The lowest BCUT2D eigenvalue weighted by atomic mass is 10.3. The lowest BCUT2D eigenvalue weighted by Crippen LogP contribution is -2.30. The van der Waals surface area contributed by atoms with E-state index in [0.717, 1.165) is 12.1 Å². The summed E-state index contributed by atoms with van der Waals surface area (Å²) >= 11 is 0. The summed E-state index contributed by atoms with van der Waals surface area (Å²) in [5.41, 5.74) is 0.756. The molecule has 1 aromatic heterocycles. The van der Waals surface area contributed by atoms with Gasteiger partial charge in [-0.3, -0.25) is 4.79 Å². The molecule has 0 aliphatic rings. The molecular weight excluding hydrogens is 244 g/mol. The molecule has 0 radical (unpaired) electrons. The van der Waals surface area contributed by atoms with Crippen LogP contribution in [0.3, 0.4) is 0 Å². The van der Waals surface area contributed by atoms with Crippen LogP contribution in [0.25, 0.3) is 6.08 Å². The molecule has 0 bridgehead atoms. The van der Waals surface area contributed by atoms with Crippen molar-refractivity contribution in [3.63, 3.8) is 0 Å². The predicted octanol–water partition coefficient (Wildman–Crippen LogP) is 0.566. The first-order chi connectivity index (χ1) is 9.11. The van der Waals surface area contributed by atoms with E-state index in [9.17, 15) is 4.79 Å². The van der Waals surface area contributed by atoms with Crippen molar-refractivity contribution in [2.75, 3.05) is 33.8 Å². The number of hydrogen-bond acceptors (Lipinski definition) is 5. The molecule has 104 valence electrons. The molecule has 1 amide bonds. The van der Waals surface area contributed by atoms with E-state index in [4.69, 9.17) is 4.74 Å². The number of amides is 1. The number of carbonyl (C=O) groups excluding carboxylic acids is 1. The number of aromatic nitrogens is 2. The summed E-state index contributed by atoms with van der Waals surface area (Å²) in [6.45, 7) is 3.83. The van der Waals surface area contributed by atoms with Gasteiger partial charge in [0.2, 0.25) is 5.91 Å². The number of likely N-dealkylation sites (N-methyl/N-ethyl adjacent to an activating group) is 1. The summed E-state index contributed by atoms with van der Waals surface area (Å²) in [6, 6.07) is 0.343. The van der Waals surface area contributed by atoms with E-state index in [2.05, 4.69) is 15.3 Å². The highest BCUT2D eigenvalue weighted by atomic mass is 16.5. The molecule has 0 spiro atoms. The molecule has 6 nitrogen and oxygen atoms in total. The molecule has 1 N–H and O–H groups in total. The van der Waals surface area contributed by atoms with E-state index in [1.807, 2.05) is 25.9 Å². The van der Waals surface area contributed by atoms with Crippen LogP contribution in [0.15, 0.2) is 18.5 Å². The van der Waals surface area contributed by atoms with Gasteiger partial charge in [-0.05, 0) is 27.1 Å². The molecule has 0 aliphatic heterocycles. The Bertz CT molecular complexity index is 415. The van der Waals surface area contributed by atoms with E-state index in [-0.39, 0.29) is 5.91 Å². The Labute approximate surface area is 113 Å². The van der Waals surface area contributed by atoms with E-state index in [1.165, 1.54) is 6.08 Å². The van der Waals surface area contributed by atoms with E-state index < -0.39 is 0 Å². The van der Waals surface area contributed by atoms with Crippen molar-refractivity contribution >= 4 is 12.0 Å². The second-order valence-corrected chi connectivity index (χ2v) is 4.16. The van der Waals surface area contributed by atoms with E-state index >= 15 is 0 Å². The number of nitrogens with zero attached hydrogens (tertiary/aromatic N) is 3. The van der Waals surface area contributed by atoms with Crippen LogP contribution < -0.4 is 10.1 Å². The normalized spacial score (nSPS) is 10.9. The molecule has 1 rings (SSSR count).